The lowest BCUT2D eigenvalue weighted by Crippen LogP contribution is -2.34. The molecule has 0 bridgehead atoms. The Hall–Kier alpha value is -3.82. The summed E-state index contributed by atoms with van der Waals surface area (Å²) in [6.45, 7) is 0.566. The monoisotopic (exact) mass is 364 g/mol. The lowest BCUT2D eigenvalue weighted by Gasteiger charge is -2.19. The maximum Gasteiger partial charge on any atom is 0.286 e. The summed E-state index contributed by atoms with van der Waals surface area (Å²) in [6.07, 6.45) is 6.25. The van der Waals surface area contributed by atoms with Gasteiger partial charge in [-0.05, 0) is 12.0 Å². The third kappa shape index (κ3) is 3.45. The quantitative estimate of drug-likeness (QED) is 0.516. The second-order valence-electron chi connectivity index (χ2n) is 5.88. The summed E-state index contributed by atoms with van der Waals surface area (Å²) in [4.78, 5) is 37.0. The summed E-state index contributed by atoms with van der Waals surface area (Å²) in [5, 5.41) is 9.65. The number of hydrogen-bond acceptors (Lipinski definition) is 6. The van der Waals surface area contributed by atoms with Gasteiger partial charge in [0.1, 0.15) is 24.5 Å². The van der Waals surface area contributed by atoms with Crippen molar-refractivity contribution in [1.82, 2.24) is 39.7 Å². The molecule has 1 atom stereocenters. The van der Waals surface area contributed by atoms with Crippen LogP contribution < -0.4 is 10.9 Å². The van der Waals surface area contributed by atoms with E-state index in [0.717, 1.165) is 10.1 Å². The fourth-order valence-corrected chi connectivity index (χ4v) is 2.81. The Kier molecular flexibility index (Phi) is 4.44. The van der Waals surface area contributed by atoms with E-state index in [4.69, 9.17) is 0 Å². The van der Waals surface area contributed by atoms with Crippen molar-refractivity contribution in [2.45, 2.75) is 19.0 Å². The first-order chi connectivity index (χ1) is 13.2. The number of aromatic amines is 1. The highest BCUT2D eigenvalue weighted by Gasteiger charge is 2.19. The summed E-state index contributed by atoms with van der Waals surface area (Å²) in [5.41, 5.74) is 0.373. The van der Waals surface area contributed by atoms with Gasteiger partial charge in [-0.3, -0.25) is 19.4 Å². The van der Waals surface area contributed by atoms with Crippen LogP contribution in [0.25, 0.3) is 5.78 Å². The van der Waals surface area contributed by atoms with E-state index < -0.39 is 11.5 Å². The van der Waals surface area contributed by atoms with Gasteiger partial charge >= 0.3 is 0 Å². The molecule has 4 rings (SSSR count). The maximum atomic E-state index is 12.7. The molecule has 1 aromatic carbocycles. The lowest BCUT2D eigenvalue weighted by atomic mass is 10.0. The number of carbonyl (C=O) groups is 1. The number of benzene rings is 1. The number of nitrogens with zero attached hydrogens (tertiary/aromatic N) is 6. The standard InChI is InChI=1S/C17H16N8O2/c26-15(13-8-19-17-20-10-22-25(17)16(13)27)23-14(12-4-2-1-3-5-12)6-7-24-11-18-9-21-24/h1-5,8-11,14H,6-7H2,(H,23,26)(H,19,20,22)/t14-/m1/s1. The van der Waals surface area contributed by atoms with Crippen LogP contribution >= 0.6 is 0 Å². The van der Waals surface area contributed by atoms with E-state index in [-0.39, 0.29) is 17.4 Å². The van der Waals surface area contributed by atoms with Crippen molar-refractivity contribution in [2.24, 2.45) is 0 Å². The molecule has 0 aliphatic carbocycles. The van der Waals surface area contributed by atoms with Crippen molar-refractivity contribution >= 4 is 11.7 Å². The van der Waals surface area contributed by atoms with Crippen LogP contribution in [0.4, 0.5) is 0 Å². The number of amides is 1. The molecule has 10 nitrogen and oxygen atoms in total. The number of H-pyrrole nitrogens is 1. The Balaban J connectivity index is 1.58. The lowest BCUT2D eigenvalue weighted by molar-refractivity contribution is 0.0931. The molecule has 4 aromatic rings. The molecule has 3 heterocycles. The van der Waals surface area contributed by atoms with Crippen LogP contribution in [0, 0.1) is 0 Å². The molecule has 0 radical (unpaired) electrons. The van der Waals surface area contributed by atoms with Crippen molar-refractivity contribution in [2.75, 3.05) is 0 Å². The molecule has 136 valence electrons. The van der Waals surface area contributed by atoms with Gasteiger partial charge in [0.05, 0.1) is 6.04 Å². The molecule has 1 amide bonds. The van der Waals surface area contributed by atoms with Crippen LogP contribution in [0.2, 0.25) is 0 Å². The highest BCUT2D eigenvalue weighted by molar-refractivity contribution is 5.93. The van der Waals surface area contributed by atoms with Crippen molar-refractivity contribution < 1.29 is 4.79 Å². The number of rotatable bonds is 6. The Labute approximate surface area is 152 Å². The van der Waals surface area contributed by atoms with Crippen molar-refractivity contribution in [3.63, 3.8) is 0 Å². The highest BCUT2D eigenvalue weighted by atomic mass is 16.2. The number of fused-ring (bicyclic) bond motifs is 1. The Bertz CT molecular complexity index is 1100. The van der Waals surface area contributed by atoms with Gasteiger partial charge in [0, 0.05) is 12.7 Å². The zero-order valence-corrected chi connectivity index (χ0v) is 14.2. The second-order valence-corrected chi connectivity index (χ2v) is 5.88. The maximum absolute atomic E-state index is 12.7. The van der Waals surface area contributed by atoms with Gasteiger partial charge in [0.2, 0.25) is 0 Å². The normalized spacial score (nSPS) is 12.1. The first kappa shape index (κ1) is 16.6. The van der Waals surface area contributed by atoms with Gasteiger partial charge in [-0.2, -0.15) is 9.61 Å². The van der Waals surface area contributed by atoms with E-state index in [9.17, 15) is 9.59 Å². The Morgan fingerprint density at radius 2 is 2.07 bits per heavy atom. The van der Waals surface area contributed by atoms with Crippen LogP contribution in [0.5, 0.6) is 0 Å². The Morgan fingerprint density at radius 3 is 2.85 bits per heavy atom. The Morgan fingerprint density at radius 1 is 1.22 bits per heavy atom. The van der Waals surface area contributed by atoms with Gasteiger partial charge in [-0.1, -0.05) is 30.3 Å². The summed E-state index contributed by atoms with van der Waals surface area (Å²) in [5.74, 6) is -0.286. The van der Waals surface area contributed by atoms with Gasteiger partial charge < -0.3 is 5.32 Å². The summed E-state index contributed by atoms with van der Waals surface area (Å²) in [7, 11) is 0. The molecule has 0 saturated heterocycles. The number of nitrogens with one attached hydrogen (secondary N) is 2. The van der Waals surface area contributed by atoms with E-state index in [2.05, 4.69) is 30.5 Å². The number of carbonyl (C=O) groups excluding carboxylic acids is 1. The van der Waals surface area contributed by atoms with E-state index in [1.54, 1.807) is 11.0 Å². The predicted octanol–water partition coefficient (Wildman–Crippen LogP) is 0.570. The van der Waals surface area contributed by atoms with Crippen LogP contribution in [0.3, 0.4) is 0 Å². The van der Waals surface area contributed by atoms with Crippen LogP contribution in [0.15, 0.2) is 60.3 Å². The van der Waals surface area contributed by atoms with Crippen LogP contribution in [-0.2, 0) is 6.54 Å². The average Bonchev–Trinajstić information content (AvgIpc) is 3.38. The van der Waals surface area contributed by atoms with Gasteiger partial charge in [-0.25, -0.2) is 15.0 Å². The molecule has 3 aromatic heterocycles. The largest absolute Gasteiger partial charge is 0.345 e. The van der Waals surface area contributed by atoms with Crippen molar-refractivity contribution in [3.8, 4) is 0 Å². The molecular formula is C17H16N8O2. The number of hydrogen-bond donors (Lipinski definition) is 2. The number of aromatic nitrogens is 7. The third-order valence-corrected chi connectivity index (χ3v) is 4.17. The minimum absolute atomic E-state index is 0.0570. The van der Waals surface area contributed by atoms with Gasteiger partial charge in [0.15, 0.2) is 0 Å². The van der Waals surface area contributed by atoms with Crippen molar-refractivity contribution in [3.05, 3.63) is 77.0 Å². The predicted molar refractivity (Wildman–Crippen MR) is 94.9 cm³/mol. The molecule has 0 aliphatic rings. The summed E-state index contributed by atoms with van der Waals surface area (Å²) >= 11 is 0. The molecule has 0 spiro atoms. The third-order valence-electron chi connectivity index (χ3n) is 4.17. The van der Waals surface area contributed by atoms with E-state index in [1.807, 2.05) is 30.3 Å². The molecule has 2 N–H and O–H groups in total. The molecule has 0 saturated carbocycles. The molecule has 10 heteroatoms. The zero-order chi connectivity index (χ0) is 18.6. The zero-order valence-electron chi connectivity index (χ0n) is 14.2. The number of aryl methyl sites for hydroxylation is 1. The molecule has 27 heavy (non-hydrogen) atoms. The molecule has 0 fully saturated rings. The topological polar surface area (TPSA) is 123 Å². The smallest absolute Gasteiger partial charge is 0.286 e. The fourth-order valence-electron chi connectivity index (χ4n) is 2.81. The minimum atomic E-state index is -0.502. The van der Waals surface area contributed by atoms with Crippen LogP contribution in [0.1, 0.15) is 28.4 Å². The van der Waals surface area contributed by atoms with Crippen LogP contribution in [-0.4, -0.2) is 40.3 Å². The van der Waals surface area contributed by atoms with E-state index in [1.165, 1.54) is 18.9 Å². The molecular weight excluding hydrogens is 348 g/mol. The summed E-state index contributed by atoms with van der Waals surface area (Å²) in [6, 6.07) is 9.26. The first-order valence-electron chi connectivity index (χ1n) is 8.32. The SMILES string of the molecule is O=C(N[C@H](CCn1cncn1)c1ccccc1)c1cnc2nc[nH]n2c1=O. The molecule has 0 aliphatic heterocycles. The summed E-state index contributed by atoms with van der Waals surface area (Å²) < 4.78 is 2.82. The average molecular weight is 364 g/mol. The highest BCUT2D eigenvalue weighted by Crippen LogP contribution is 2.17. The second kappa shape index (κ2) is 7.20. The fraction of sp³-hybridized carbons (Fsp3) is 0.176. The van der Waals surface area contributed by atoms with E-state index in [0.29, 0.717) is 13.0 Å². The van der Waals surface area contributed by atoms with Gasteiger partial charge in [0.25, 0.3) is 17.2 Å². The first-order valence-corrected chi connectivity index (χ1v) is 8.32. The van der Waals surface area contributed by atoms with E-state index >= 15 is 0 Å². The van der Waals surface area contributed by atoms with Gasteiger partial charge in [-0.15, -0.1) is 0 Å². The molecule has 0 unspecified atom stereocenters. The van der Waals surface area contributed by atoms with Crippen molar-refractivity contribution in [1.29, 1.82) is 0 Å². The minimum Gasteiger partial charge on any atom is -0.345 e.